The Morgan fingerprint density at radius 1 is 1.37 bits per heavy atom. The number of hydrogen-bond donors (Lipinski definition) is 3. The van der Waals surface area contributed by atoms with E-state index in [1.54, 1.807) is 12.4 Å². The summed E-state index contributed by atoms with van der Waals surface area (Å²) >= 11 is 0. The van der Waals surface area contributed by atoms with Crippen LogP contribution in [0.4, 0.5) is 11.4 Å². The number of aryl methyl sites for hydroxylation is 1. The fourth-order valence-electron chi connectivity index (χ4n) is 4.08. The Kier molecular flexibility index (Phi) is 6.12. The van der Waals surface area contributed by atoms with Gasteiger partial charge in [-0.05, 0) is 56.5 Å². The number of β-amino-alcohol motifs (C(OH)–C–C–N with tert-alkyl or cyclic N) is 1. The van der Waals surface area contributed by atoms with Gasteiger partial charge >= 0.3 is 0 Å². The molecule has 3 N–H and O–H groups in total. The molecule has 154 valence electrons. The highest BCUT2D eigenvalue weighted by Gasteiger charge is 2.16. The van der Waals surface area contributed by atoms with Crippen molar-refractivity contribution < 1.29 is 5.11 Å². The molecule has 1 aromatic carbocycles. The minimum absolute atomic E-state index is 0.198. The van der Waals surface area contributed by atoms with Gasteiger partial charge in [0.2, 0.25) is 0 Å². The number of aromatic amines is 1. The summed E-state index contributed by atoms with van der Waals surface area (Å²) in [5.74, 6) is 0. The Morgan fingerprint density at radius 3 is 3.10 bits per heavy atom. The van der Waals surface area contributed by atoms with Gasteiger partial charge in [0.05, 0.1) is 17.4 Å². The number of H-pyrrole nitrogens is 1. The Morgan fingerprint density at radius 2 is 2.27 bits per heavy atom. The molecule has 0 saturated carbocycles. The second-order valence-corrected chi connectivity index (χ2v) is 7.85. The first-order chi connectivity index (χ1) is 14.7. The molecule has 0 unspecified atom stereocenters. The summed E-state index contributed by atoms with van der Waals surface area (Å²) < 4.78 is 0. The van der Waals surface area contributed by atoms with E-state index < -0.39 is 0 Å². The maximum atomic E-state index is 9.81. The maximum absolute atomic E-state index is 9.81. The van der Waals surface area contributed by atoms with Gasteiger partial charge in [0.25, 0.3) is 0 Å². The molecule has 0 radical (unpaired) electrons. The summed E-state index contributed by atoms with van der Waals surface area (Å²) in [7, 11) is 0. The van der Waals surface area contributed by atoms with Crippen LogP contribution in [-0.4, -0.2) is 45.7 Å². The molecule has 4 rings (SSSR count). The van der Waals surface area contributed by atoms with Crippen molar-refractivity contribution in [3.63, 3.8) is 0 Å². The number of rotatable bonds is 6. The predicted molar refractivity (Wildman–Crippen MR) is 121 cm³/mol. The Hall–Kier alpha value is -3.14. The van der Waals surface area contributed by atoms with Crippen molar-refractivity contribution in [1.82, 2.24) is 14.9 Å². The third kappa shape index (κ3) is 4.38. The number of anilines is 2. The Balaban J connectivity index is 1.52. The monoisotopic (exact) mass is 401 g/mol. The molecule has 3 heterocycles. The van der Waals surface area contributed by atoms with Crippen LogP contribution in [0.1, 0.15) is 36.0 Å². The van der Waals surface area contributed by atoms with Gasteiger partial charge in [-0.15, -0.1) is 0 Å². The smallest absolute Gasteiger partial charge is 0.103 e. The highest BCUT2D eigenvalue weighted by atomic mass is 16.3. The van der Waals surface area contributed by atoms with Gasteiger partial charge in [-0.25, -0.2) is 0 Å². The largest absolute Gasteiger partial charge is 0.392 e. The van der Waals surface area contributed by atoms with E-state index in [-0.39, 0.29) is 6.10 Å². The molecule has 1 atom stereocenters. The maximum Gasteiger partial charge on any atom is 0.103 e. The van der Waals surface area contributed by atoms with Crippen LogP contribution in [0.2, 0.25) is 0 Å². The van der Waals surface area contributed by atoms with Crippen molar-refractivity contribution in [2.24, 2.45) is 0 Å². The van der Waals surface area contributed by atoms with Crippen LogP contribution in [0.3, 0.4) is 0 Å². The second kappa shape index (κ2) is 9.12. The molecule has 2 aromatic heterocycles. The summed E-state index contributed by atoms with van der Waals surface area (Å²) in [5, 5.41) is 24.0. The first-order valence-corrected chi connectivity index (χ1v) is 10.4. The lowest BCUT2D eigenvalue weighted by molar-refractivity contribution is 0.0717. The average molecular weight is 402 g/mol. The number of fused-ring (bicyclic) bond motifs is 1. The van der Waals surface area contributed by atoms with Crippen molar-refractivity contribution >= 4 is 28.4 Å². The van der Waals surface area contributed by atoms with Crippen LogP contribution < -0.4 is 5.32 Å². The van der Waals surface area contributed by atoms with Crippen LogP contribution in [0, 0.1) is 18.3 Å². The molecule has 0 aliphatic carbocycles. The van der Waals surface area contributed by atoms with Crippen LogP contribution in [0.25, 0.3) is 17.0 Å². The minimum Gasteiger partial charge on any atom is -0.392 e. The van der Waals surface area contributed by atoms with Gasteiger partial charge < -0.3 is 20.3 Å². The van der Waals surface area contributed by atoms with Crippen LogP contribution in [-0.2, 0) is 0 Å². The lowest BCUT2D eigenvalue weighted by Crippen LogP contribution is -2.38. The summed E-state index contributed by atoms with van der Waals surface area (Å²) in [6.07, 6.45) is 12.1. The predicted octanol–water partition coefficient (Wildman–Crippen LogP) is 4.35. The fourth-order valence-corrected chi connectivity index (χ4v) is 4.08. The summed E-state index contributed by atoms with van der Waals surface area (Å²) in [5.41, 5.74) is 5.38. The number of aromatic nitrogens is 2. The Bertz CT molecular complexity index is 1090. The van der Waals surface area contributed by atoms with Crippen molar-refractivity contribution in [1.29, 1.82) is 5.26 Å². The average Bonchev–Trinajstić information content (AvgIpc) is 3.23. The molecular formula is C24H27N5O. The molecule has 1 aliphatic heterocycles. The van der Waals surface area contributed by atoms with Crippen LogP contribution in [0.15, 0.2) is 42.9 Å². The summed E-state index contributed by atoms with van der Waals surface area (Å²) in [6.45, 7) is 4.80. The van der Waals surface area contributed by atoms with E-state index in [9.17, 15) is 10.4 Å². The zero-order chi connectivity index (χ0) is 20.9. The number of benzene rings is 1. The zero-order valence-electron chi connectivity index (χ0n) is 17.2. The first kappa shape index (κ1) is 20.1. The van der Waals surface area contributed by atoms with Crippen molar-refractivity contribution in [2.75, 3.05) is 25.0 Å². The van der Waals surface area contributed by atoms with Gasteiger partial charge in [-0.1, -0.05) is 12.2 Å². The standard InChI is InChI=1S/C24H27N5O/c1-17-21-9-10-27-23(21)8-7-22(17)28-24-18(14-26-15-19(24)13-25)5-2-3-11-29-12-4-6-20(30)16-29/h2,5,7-10,14-15,20,27,30H,3-4,6,11-12,16H2,1H3,(H,26,28)/b5-2+/t20-/m1/s1. The fraction of sp³-hybridized carbons (Fsp3) is 0.333. The van der Waals surface area contributed by atoms with Gasteiger partial charge in [0, 0.05) is 53.8 Å². The molecule has 1 aliphatic rings. The summed E-state index contributed by atoms with van der Waals surface area (Å²) in [6, 6.07) is 8.39. The van der Waals surface area contributed by atoms with E-state index in [0.717, 1.165) is 72.3 Å². The van der Waals surface area contributed by atoms with E-state index in [1.807, 2.05) is 24.4 Å². The number of nitriles is 1. The molecule has 6 nitrogen and oxygen atoms in total. The molecule has 6 heteroatoms. The number of likely N-dealkylation sites (tertiary alicyclic amines) is 1. The highest BCUT2D eigenvalue weighted by Crippen LogP contribution is 2.30. The van der Waals surface area contributed by atoms with E-state index in [4.69, 9.17) is 0 Å². The van der Waals surface area contributed by atoms with Crippen molar-refractivity contribution in [3.8, 4) is 6.07 Å². The number of aliphatic hydroxyl groups is 1. The number of nitrogens with zero attached hydrogens (tertiary/aromatic N) is 3. The molecule has 0 bridgehead atoms. The number of nitrogens with one attached hydrogen (secondary N) is 2. The lowest BCUT2D eigenvalue weighted by atomic mass is 10.1. The molecule has 1 saturated heterocycles. The molecule has 1 fully saturated rings. The van der Waals surface area contributed by atoms with Gasteiger partial charge in [0.1, 0.15) is 6.07 Å². The number of piperidine rings is 1. The quantitative estimate of drug-likeness (QED) is 0.572. The molecule has 0 amide bonds. The van der Waals surface area contributed by atoms with E-state index in [0.29, 0.717) is 5.56 Å². The number of hydrogen-bond acceptors (Lipinski definition) is 5. The second-order valence-electron chi connectivity index (χ2n) is 7.85. The summed E-state index contributed by atoms with van der Waals surface area (Å²) in [4.78, 5) is 9.77. The number of pyridine rings is 1. The van der Waals surface area contributed by atoms with E-state index in [2.05, 4.69) is 45.3 Å². The lowest BCUT2D eigenvalue weighted by Gasteiger charge is -2.29. The molecular weight excluding hydrogens is 374 g/mol. The molecule has 30 heavy (non-hydrogen) atoms. The van der Waals surface area contributed by atoms with Gasteiger partial charge in [-0.2, -0.15) is 5.26 Å². The zero-order valence-corrected chi connectivity index (χ0v) is 17.2. The van der Waals surface area contributed by atoms with Crippen LogP contribution >= 0.6 is 0 Å². The van der Waals surface area contributed by atoms with Crippen molar-refractivity contribution in [2.45, 2.75) is 32.3 Å². The highest BCUT2D eigenvalue weighted by molar-refractivity contribution is 5.89. The molecule has 3 aromatic rings. The van der Waals surface area contributed by atoms with Crippen LogP contribution in [0.5, 0.6) is 0 Å². The molecule has 0 spiro atoms. The van der Waals surface area contributed by atoms with Gasteiger partial charge in [-0.3, -0.25) is 4.98 Å². The minimum atomic E-state index is -0.198. The third-order valence-corrected chi connectivity index (χ3v) is 5.75. The number of aliphatic hydroxyl groups excluding tert-OH is 1. The third-order valence-electron chi connectivity index (χ3n) is 5.75. The van der Waals surface area contributed by atoms with E-state index in [1.165, 1.54) is 0 Å². The topological polar surface area (TPSA) is 88.0 Å². The van der Waals surface area contributed by atoms with E-state index >= 15 is 0 Å². The first-order valence-electron chi connectivity index (χ1n) is 10.4. The normalized spacial score (nSPS) is 17.4. The SMILES string of the molecule is Cc1c(Nc2c(C#N)cncc2/C=C/CCN2CCC[C@@H](O)C2)ccc2[nH]ccc12. The van der Waals surface area contributed by atoms with Gasteiger partial charge in [0.15, 0.2) is 0 Å². The Labute approximate surface area is 176 Å². The van der Waals surface area contributed by atoms with Crippen molar-refractivity contribution in [3.05, 3.63) is 59.6 Å².